The molecule has 2 atom stereocenters. The number of methoxy groups -OCH3 is 1. The highest BCUT2D eigenvalue weighted by molar-refractivity contribution is 4.95. The summed E-state index contributed by atoms with van der Waals surface area (Å²) in [5, 5.41) is 0. The zero-order chi connectivity index (χ0) is 8.39. The lowest BCUT2D eigenvalue weighted by atomic mass is 10.2. The number of aromatic nitrogens is 1. The molecule has 2 unspecified atom stereocenters. The Morgan fingerprint density at radius 3 is 2.58 bits per heavy atom. The van der Waals surface area contributed by atoms with Gasteiger partial charge in [0.25, 0.3) is 0 Å². The van der Waals surface area contributed by atoms with Gasteiger partial charge >= 0.3 is 0 Å². The number of rotatable bonds is 2. The van der Waals surface area contributed by atoms with Crippen LogP contribution in [0.3, 0.4) is 0 Å². The second-order valence-electron chi connectivity index (χ2n) is 3.45. The summed E-state index contributed by atoms with van der Waals surface area (Å²) < 4.78 is 7.62. The third kappa shape index (κ3) is 1.39. The predicted molar refractivity (Wildman–Crippen MR) is 48.1 cm³/mol. The summed E-state index contributed by atoms with van der Waals surface area (Å²) in [6.07, 6.45) is 8.40. The van der Waals surface area contributed by atoms with Crippen molar-refractivity contribution in [2.75, 3.05) is 7.11 Å². The van der Waals surface area contributed by atoms with E-state index in [9.17, 15) is 0 Å². The number of ether oxygens (including phenoxy) is 1. The van der Waals surface area contributed by atoms with Gasteiger partial charge in [-0.25, -0.2) is 0 Å². The zero-order valence-corrected chi connectivity index (χ0v) is 7.44. The Kier molecular flexibility index (Phi) is 2.17. The lowest BCUT2D eigenvalue weighted by Crippen LogP contribution is -2.07. The van der Waals surface area contributed by atoms with Crippen LogP contribution in [0, 0.1) is 0 Å². The summed E-state index contributed by atoms with van der Waals surface area (Å²) in [5.41, 5.74) is 0. The Balaban J connectivity index is 2.00. The number of nitrogens with zero attached hydrogens (tertiary/aromatic N) is 1. The maximum absolute atomic E-state index is 5.33. The van der Waals surface area contributed by atoms with E-state index in [0.717, 1.165) is 0 Å². The Hall–Kier alpha value is -0.760. The van der Waals surface area contributed by atoms with Crippen LogP contribution in [-0.2, 0) is 4.74 Å². The Morgan fingerprint density at radius 2 is 2.00 bits per heavy atom. The second kappa shape index (κ2) is 3.31. The van der Waals surface area contributed by atoms with E-state index >= 15 is 0 Å². The molecule has 0 aliphatic heterocycles. The lowest BCUT2D eigenvalue weighted by Gasteiger charge is -2.11. The van der Waals surface area contributed by atoms with Crippen LogP contribution in [0.25, 0.3) is 0 Å². The lowest BCUT2D eigenvalue weighted by molar-refractivity contribution is 0.106. The van der Waals surface area contributed by atoms with Crippen molar-refractivity contribution < 1.29 is 4.74 Å². The van der Waals surface area contributed by atoms with Crippen molar-refractivity contribution in [1.29, 1.82) is 0 Å². The molecule has 1 aromatic rings. The number of hydrogen-bond acceptors (Lipinski definition) is 1. The van der Waals surface area contributed by atoms with Gasteiger partial charge in [-0.05, 0) is 31.4 Å². The fourth-order valence-electron chi connectivity index (χ4n) is 1.99. The summed E-state index contributed by atoms with van der Waals surface area (Å²) in [6.45, 7) is 0. The van der Waals surface area contributed by atoms with E-state index in [1.807, 2.05) is 7.11 Å². The van der Waals surface area contributed by atoms with Crippen LogP contribution in [0.1, 0.15) is 25.3 Å². The predicted octanol–water partition coefficient (Wildman–Crippen LogP) is 2.23. The summed E-state index contributed by atoms with van der Waals surface area (Å²) in [7, 11) is 1.81. The standard InChI is InChI=1S/C10H15NO/c1-12-10-5-4-9(8-10)11-6-2-3-7-11/h2-3,6-7,9-10H,4-5,8H2,1H3. The van der Waals surface area contributed by atoms with Crippen molar-refractivity contribution in [3.05, 3.63) is 24.5 Å². The van der Waals surface area contributed by atoms with Gasteiger partial charge in [0.05, 0.1) is 6.10 Å². The van der Waals surface area contributed by atoms with Gasteiger partial charge in [0.2, 0.25) is 0 Å². The molecule has 1 aliphatic rings. The molecule has 2 rings (SSSR count). The van der Waals surface area contributed by atoms with Crippen LogP contribution in [0.5, 0.6) is 0 Å². The molecule has 0 spiro atoms. The van der Waals surface area contributed by atoms with Crippen LogP contribution in [0.2, 0.25) is 0 Å². The zero-order valence-electron chi connectivity index (χ0n) is 7.44. The first kappa shape index (κ1) is 7.87. The van der Waals surface area contributed by atoms with Gasteiger partial charge in [0, 0.05) is 25.5 Å². The molecule has 1 aromatic heterocycles. The van der Waals surface area contributed by atoms with Crippen LogP contribution in [0.15, 0.2) is 24.5 Å². The van der Waals surface area contributed by atoms with Gasteiger partial charge in [0.15, 0.2) is 0 Å². The van der Waals surface area contributed by atoms with Crippen molar-refractivity contribution in [3.8, 4) is 0 Å². The van der Waals surface area contributed by atoms with Gasteiger partial charge in [-0.15, -0.1) is 0 Å². The van der Waals surface area contributed by atoms with Crippen LogP contribution >= 0.6 is 0 Å². The molecule has 1 heterocycles. The van der Waals surface area contributed by atoms with Crippen molar-refractivity contribution in [1.82, 2.24) is 4.57 Å². The summed E-state index contributed by atoms with van der Waals surface area (Å²) in [6, 6.07) is 4.84. The summed E-state index contributed by atoms with van der Waals surface area (Å²) in [4.78, 5) is 0. The summed E-state index contributed by atoms with van der Waals surface area (Å²) >= 11 is 0. The largest absolute Gasteiger partial charge is 0.381 e. The maximum atomic E-state index is 5.33. The van der Waals surface area contributed by atoms with Crippen molar-refractivity contribution >= 4 is 0 Å². The van der Waals surface area contributed by atoms with E-state index in [2.05, 4.69) is 29.1 Å². The molecule has 1 fully saturated rings. The van der Waals surface area contributed by atoms with Crippen molar-refractivity contribution in [2.45, 2.75) is 31.4 Å². The average Bonchev–Trinajstić information content (AvgIpc) is 2.75. The Morgan fingerprint density at radius 1 is 1.25 bits per heavy atom. The van der Waals surface area contributed by atoms with Crippen LogP contribution < -0.4 is 0 Å². The molecule has 0 amide bonds. The molecule has 0 bridgehead atoms. The number of hydrogen-bond donors (Lipinski definition) is 0. The molecule has 0 saturated heterocycles. The van der Waals surface area contributed by atoms with E-state index < -0.39 is 0 Å². The SMILES string of the molecule is COC1CCC(n2cccc2)C1. The smallest absolute Gasteiger partial charge is 0.0591 e. The van der Waals surface area contributed by atoms with E-state index in [1.165, 1.54) is 19.3 Å². The van der Waals surface area contributed by atoms with Gasteiger partial charge in [-0.1, -0.05) is 0 Å². The normalized spacial score (nSPS) is 29.4. The first-order chi connectivity index (χ1) is 5.90. The minimum atomic E-state index is 0.484. The summed E-state index contributed by atoms with van der Waals surface area (Å²) in [5.74, 6) is 0. The molecule has 1 saturated carbocycles. The van der Waals surface area contributed by atoms with Crippen molar-refractivity contribution in [3.63, 3.8) is 0 Å². The van der Waals surface area contributed by atoms with Gasteiger partial charge in [-0.2, -0.15) is 0 Å². The highest BCUT2D eigenvalue weighted by atomic mass is 16.5. The fourth-order valence-corrected chi connectivity index (χ4v) is 1.99. The molecule has 2 nitrogen and oxygen atoms in total. The monoisotopic (exact) mass is 165 g/mol. The fraction of sp³-hybridized carbons (Fsp3) is 0.600. The molecule has 0 aromatic carbocycles. The van der Waals surface area contributed by atoms with Crippen LogP contribution in [0.4, 0.5) is 0 Å². The van der Waals surface area contributed by atoms with E-state index in [-0.39, 0.29) is 0 Å². The van der Waals surface area contributed by atoms with Crippen molar-refractivity contribution in [2.24, 2.45) is 0 Å². The molecule has 0 radical (unpaired) electrons. The molecular weight excluding hydrogens is 150 g/mol. The second-order valence-corrected chi connectivity index (χ2v) is 3.45. The molecule has 66 valence electrons. The molecule has 2 heteroatoms. The first-order valence-electron chi connectivity index (χ1n) is 4.55. The molecule has 0 N–H and O–H groups in total. The molecular formula is C10H15NO. The van der Waals surface area contributed by atoms with E-state index in [4.69, 9.17) is 4.74 Å². The topological polar surface area (TPSA) is 14.2 Å². The molecule has 12 heavy (non-hydrogen) atoms. The third-order valence-corrected chi connectivity index (χ3v) is 2.74. The highest BCUT2D eigenvalue weighted by Gasteiger charge is 2.24. The highest BCUT2D eigenvalue weighted by Crippen LogP contribution is 2.31. The van der Waals surface area contributed by atoms with Gasteiger partial charge in [-0.3, -0.25) is 0 Å². The minimum absolute atomic E-state index is 0.484. The quantitative estimate of drug-likeness (QED) is 0.655. The average molecular weight is 165 g/mol. The van der Waals surface area contributed by atoms with E-state index in [1.54, 1.807) is 0 Å². The molecule has 1 aliphatic carbocycles. The van der Waals surface area contributed by atoms with Crippen LogP contribution in [-0.4, -0.2) is 17.8 Å². The minimum Gasteiger partial charge on any atom is -0.381 e. The Labute approximate surface area is 73.1 Å². The first-order valence-corrected chi connectivity index (χ1v) is 4.55. The van der Waals surface area contributed by atoms with Gasteiger partial charge < -0.3 is 9.30 Å². The van der Waals surface area contributed by atoms with Gasteiger partial charge in [0.1, 0.15) is 0 Å². The Bertz CT molecular complexity index is 230. The van der Waals surface area contributed by atoms with E-state index in [0.29, 0.717) is 12.1 Å². The third-order valence-electron chi connectivity index (χ3n) is 2.74. The maximum Gasteiger partial charge on any atom is 0.0591 e.